The number of hydrogen-bond acceptors (Lipinski definition) is 1. The Kier molecular flexibility index (Phi) is 6.51. The van der Waals surface area contributed by atoms with E-state index in [9.17, 15) is 0 Å². The highest BCUT2D eigenvalue weighted by Gasteiger charge is 2.08. The Labute approximate surface area is 136 Å². The van der Waals surface area contributed by atoms with Gasteiger partial charge in [-0.15, -0.1) is 0 Å². The first-order valence-electron chi connectivity index (χ1n) is 8.65. The molecular formula is C21H29N. The fourth-order valence-electron chi connectivity index (χ4n) is 2.72. The molecule has 0 aliphatic carbocycles. The van der Waals surface area contributed by atoms with Gasteiger partial charge in [-0.1, -0.05) is 69.7 Å². The lowest BCUT2D eigenvalue weighted by molar-refractivity contribution is 0.510. The Bertz CT molecular complexity index is 530. The van der Waals surface area contributed by atoms with Gasteiger partial charge in [-0.25, -0.2) is 0 Å². The molecule has 0 bridgehead atoms. The lowest BCUT2D eigenvalue weighted by atomic mass is 10.0. The highest BCUT2D eigenvalue weighted by Crippen LogP contribution is 2.24. The lowest BCUT2D eigenvalue weighted by Crippen LogP contribution is -2.26. The largest absolute Gasteiger partial charge is 0.372 e. The van der Waals surface area contributed by atoms with E-state index in [-0.39, 0.29) is 0 Å². The van der Waals surface area contributed by atoms with Crippen LogP contribution in [-0.2, 0) is 0 Å². The van der Waals surface area contributed by atoms with Gasteiger partial charge in [-0.2, -0.15) is 0 Å². The summed E-state index contributed by atoms with van der Waals surface area (Å²) in [6.07, 6.45) is 3.74. The van der Waals surface area contributed by atoms with Crippen molar-refractivity contribution in [3.63, 3.8) is 0 Å². The first-order chi connectivity index (χ1) is 10.7. The van der Waals surface area contributed by atoms with E-state index in [4.69, 9.17) is 0 Å². The van der Waals surface area contributed by atoms with Crippen LogP contribution in [0.3, 0.4) is 0 Å². The van der Waals surface area contributed by atoms with Crippen molar-refractivity contribution >= 4 is 5.69 Å². The smallest absolute Gasteiger partial charge is 0.0366 e. The Morgan fingerprint density at radius 1 is 0.818 bits per heavy atom. The SMILES string of the molecule is CCCN(CCC(C)CC)c1ccc(-c2ccccc2)cc1. The molecule has 2 aromatic rings. The van der Waals surface area contributed by atoms with E-state index >= 15 is 0 Å². The van der Waals surface area contributed by atoms with Crippen molar-refractivity contribution in [1.82, 2.24) is 0 Å². The topological polar surface area (TPSA) is 3.24 Å². The second-order valence-electron chi connectivity index (χ2n) is 6.20. The van der Waals surface area contributed by atoms with Crippen molar-refractivity contribution in [1.29, 1.82) is 0 Å². The third-order valence-electron chi connectivity index (χ3n) is 4.42. The second-order valence-corrected chi connectivity index (χ2v) is 6.20. The maximum absolute atomic E-state index is 2.53. The van der Waals surface area contributed by atoms with Crippen LogP contribution in [0, 0.1) is 5.92 Å². The number of rotatable bonds is 8. The molecule has 1 heteroatoms. The fraction of sp³-hybridized carbons (Fsp3) is 0.429. The van der Waals surface area contributed by atoms with E-state index in [0.717, 1.165) is 19.0 Å². The fourth-order valence-corrected chi connectivity index (χ4v) is 2.72. The van der Waals surface area contributed by atoms with Gasteiger partial charge < -0.3 is 4.90 Å². The zero-order valence-corrected chi connectivity index (χ0v) is 14.3. The van der Waals surface area contributed by atoms with Crippen LogP contribution >= 0.6 is 0 Å². The monoisotopic (exact) mass is 295 g/mol. The summed E-state index contributed by atoms with van der Waals surface area (Å²) in [4.78, 5) is 2.53. The van der Waals surface area contributed by atoms with Crippen LogP contribution in [0.5, 0.6) is 0 Å². The first-order valence-corrected chi connectivity index (χ1v) is 8.65. The van der Waals surface area contributed by atoms with Crippen molar-refractivity contribution in [3.8, 4) is 11.1 Å². The van der Waals surface area contributed by atoms with E-state index < -0.39 is 0 Å². The summed E-state index contributed by atoms with van der Waals surface area (Å²) in [7, 11) is 0. The van der Waals surface area contributed by atoms with Crippen LogP contribution in [0.25, 0.3) is 11.1 Å². The molecule has 0 fully saturated rings. The molecule has 0 N–H and O–H groups in total. The Balaban J connectivity index is 2.08. The minimum atomic E-state index is 0.808. The van der Waals surface area contributed by atoms with E-state index in [1.165, 1.54) is 36.1 Å². The standard InChI is InChI=1S/C21H29N/c1-4-16-22(17-15-18(3)5-2)21-13-11-20(12-14-21)19-9-7-6-8-10-19/h6-14,18H,4-5,15-17H2,1-3H3. The summed E-state index contributed by atoms with van der Waals surface area (Å²) in [5, 5.41) is 0. The zero-order valence-electron chi connectivity index (χ0n) is 14.3. The molecule has 0 amide bonds. The average Bonchev–Trinajstić information content (AvgIpc) is 2.59. The van der Waals surface area contributed by atoms with Crippen molar-refractivity contribution in [2.75, 3.05) is 18.0 Å². The van der Waals surface area contributed by atoms with Crippen LogP contribution in [0.4, 0.5) is 5.69 Å². The van der Waals surface area contributed by atoms with Crippen molar-refractivity contribution in [3.05, 3.63) is 54.6 Å². The molecule has 22 heavy (non-hydrogen) atoms. The molecule has 0 aliphatic heterocycles. The van der Waals surface area contributed by atoms with Crippen LogP contribution in [0.1, 0.15) is 40.0 Å². The molecule has 118 valence electrons. The summed E-state index contributed by atoms with van der Waals surface area (Å²) in [5.74, 6) is 0.808. The maximum Gasteiger partial charge on any atom is 0.0366 e. The highest BCUT2D eigenvalue weighted by molar-refractivity contribution is 5.66. The molecule has 0 saturated carbocycles. The molecule has 0 saturated heterocycles. The highest BCUT2D eigenvalue weighted by atomic mass is 15.1. The third kappa shape index (κ3) is 4.62. The molecule has 2 aromatic carbocycles. The average molecular weight is 295 g/mol. The molecule has 1 nitrogen and oxygen atoms in total. The lowest BCUT2D eigenvalue weighted by Gasteiger charge is -2.26. The summed E-state index contributed by atoms with van der Waals surface area (Å²) in [5.41, 5.74) is 3.93. The molecule has 0 aliphatic rings. The molecule has 1 atom stereocenters. The molecule has 0 spiro atoms. The first kappa shape index (κ1) is 16.6. The summed E-state index contributed by atoms with van der Waals surface area (Å²) < 4.78 is 0. The predicted molar refractivity (Wildman–Crippen MR) is 98.5 cm³/mol. The van der Waals surface area contributed by atoms with Crippen LogP contribution in [0.15, 0.2) is 54.6 Å². The predicted octanol–water partition coefficient (Wildman–Crippen LogP) is 6.01. The molecular weight excluding hydrogens is 266 g/mol. The zero-order chi connectivity index (χ0) is 15.8. The maximum atomic E-state index is 2.53. The summed E-state index contributed by atoms with van der Waals surface area (Å²) in [6, 6.07) is 19.6. The van der Waals surface area contributed by atoms with Gasteiger partial charge in [-0.3, -0.25) is 0 Å². The molecule has 0 heterocycles. The van der Waals surface area contributed by atoms with Gasteiger partial charge in [0.1, 0.15) is 0 Å². The third-order valence-corrected chi connectivity index (χ3v) is 4.42. The van der Waals surface area contributed by atoms with E-state index in [0.29, 0.717) is 0 Å². The number of benzene rings is 2. The van der Waals surface area contributed by atoms with Gasteiger partial charge in [0, 0.05) is 18.8 Å². The van der Waals surface area contributed by atoms with Gasteiger partial charge in [0.05, 0.1) is 0 Å². The Hall–Kier alpha value is -1.76. The Morgan fingerprint density at radius 2 is 1.45 bits per heavy atom. The quantitative estimate of drug-likeness (QED) is 0.576. The van der Waals surface area contributed by atoms with Gasteiger partial charge in [0.2, 0.25) is 0 Å². The van der Waals surface area contributed by atoms with Crippen LogP contribution in [0.2, 0.25) is 0 Å². The number of nitrogens with zero attached hydrogens (tertiary/aromatic N) is 1. The van der Waals surface area contributed by atoms with Crippen molar-refractivity contribution in [2.45, 2.75) is 40.0 Å². The summed E-state index contributed by atoms with van der Waals surface area (Å²) in [6.45, 7) is 9.19. The summed E-state index contributed by atoms with van der Waals surface area (Å²) >= 11 is 0. The second kappa shape index (κ2) is 8.63. The number of hydrogen-bond donors (Lipinski definition) is 0. The van der Waals surface area contributed by atoms with E-state index in [1.807, 2.05) is 0 Å². The van der Waals surface area contributed by atoms with Gasteiger partial charge in [0.15, 0.2) is 0 Å². The molecule has 0 aromatic heterocycles. The normalized spacial score (nSPS) is 12.1. The molecule has 2 rings (SSSR count). The van der Waals surface area contributed by atoms with Crippen molar-refractivity contribution in [2.24, 2.45) is 5.92 Å². The Morgan fingerprint density at radius 3 is 2.05 bits per heavy atom. The van der Waals surface area contributed by atoms with Gasteiger partial charge >= 0.3 is 0 Å². The molecule has 1 unspecified atom stereocenters. The number of anilines is 1. The minimum absolute atomic E-state index is 0.808. The van der Waals surface area contributed by atoms with E-state index in [2.05, 4.69) is 80.3 Å². The van der Waals surface area contributed by atoms with Gasteiger partial charge in [-0.05, 0) is 42.0 Å². The van der Waals surface area contributed by atoms with E-state index in [1.54, 1.807) is 0 Å². The van der Waals surface area contributed by atoms with Crippen LogP contribution < -0.4 is 4.90 Å². The van der Waals surface area contributed by atoms with Gasteiger partial charge in [0.25, 0.3) is 0 Å². The minimum Gasteiger partial charge on any atom is -0.372 e. The molecule has 0 radical (unpaired) electrons. The van der Waals surface area contributed by atoms with Crippen molar-refractivity contribution < 1.29 is 0 Å². The van der Waals surface area contributed by atoms with Crippen LogP contribution in [-0.4, -0.2) is 13.1 Å².